The Balaban J connectivity index is 1.69. The number of carbonyl (C=O) groups excluding carboxylic acids is 1. The molecule has 2 aromatic heterocycles. The normalized spacial score (nSPS) is 11.0. The summed E-state index contributed by atoms with van der Waals surface area (Å²) in [6, 6.07) is 23.1. The summed E-state index contributed by atoms with van der Waals surface area (Å²) in [6.07, 6.45) is 1.73. The molecule has 0 spiro atoms. The fraction of sp³-hybridized carbons (Fsp3) is 0.148. The van der Waals surface area contributed by atoms with Crippen LogP contribution in [-0.4, -0.2) is 29.6 Å². The first kappa shape index (κ1) is 21.9. The molecule has 0 aliphatic carbocycles. The third kappa shape index (κ3) is 4.06. The lowest BCUT2D eigenvalue weighted by atomic mass is 10.0. The van der Waals surface area contributed by atoms with Crippen LogP contribution in [0.4, 0.5) is 5.13 Å². The minimum Gasteiger partial charge on any atom is -0.494 e. The molecule has 0 atom stereocenters. The second-order valence-electron chi connectivity index (χ2n) is 7.61. The number of thiazole rings is 1. The minimum absolute atomic E-state index is 0.191. The highest BCUT2D eigenvalue weighted by Gasteiger charge is 2.27. The molecule has 7 heteroatoms. The van der Waals surface area contributed by atoms with Crippen LogP contribution in [0.25, 0.3) is 21.0 Å². The predicted molar refractivity (Wildman–Crippen MR) is 136 cm³/mol. The van der Waals surface area contributed by atoms with Gasteiger partial charge >= 0.3 is 0 Å². The number of ether oxygens (including phenoxy) is 2. The highest BCUT2D eigenvalue weighted by Crippen LogP contribution is 2.37. The van der Waals surface area contributed by atoms with E-state index in [1.165, 1.54) is 11.3 Å². The lowest BCUT2D eigenvalue weighted by Gasteiger charge is -2.22. The van der Waals surface area contributed by atoms with Gasteiger partial charge in [0.05, 0.1) is 36.2 Å². The van der Waals surface area contributed by atoms with E-state index < -0.39 is 0 Å². The largest absolute Gasteiger partial charge is 0.494 e. The SMILES string of the molecule is CCOc1ccc2ccccc2c1C(=O)N(Cc1ccccn1)c1nc2c(OC)cccc2s1. The van der Waals surface area contributed by atoms with Crippen LogP contribution in [0.15, 0.2) is 79.0 Å². The third-order valence-electron chi connectivity index (χ3n) is 5.52. The molecule has 3 aromatic carbocycles. The Hall–Kier alpha value is -3.97. The summed E-state index contributed by atoms with van der Waals surface area (Å²) in [5.74, 6) is 1.03. The Morgan fingerprint density at radius 1 is 0.971 bits per heavy atom. The number of pyridine rings is 1. The highest BCUT2D eigenvalue weighted by molar-refractivity contribution is 7.22. The van der Waals surface area contributed by atoms with Crippen molar-refractivity contribution in [2.45, 2.75) is 13.5 Å². The molecule has 170 valence electrons. The van der Waals surface area contributed by atoms with E-state index in [0.29, 0.717) is 28.8 Å². The van der Waals surface area contributed by atoms with E-state index in [2.05, 4.69) is 4.98 Å². The summed E-state index contributed by atoms with van der Waals surface area (Å²) in [4.78, 5) is 25.2. The summed E-state index contributed by atoms with van der Waals surface area (Å²) < 4.78 is 12.3. The zero-order chi connectivity index (χ0) is 23.5. The first-order valence-corrected chi connectivity index (χ1v) is 11.8. The Morgan fingerprint density at radius 3 is 2.62 bits per heavy atom. The number of hydrogen-bond donors (Lipinski definition) is 0. The number of anilines is 1. The molecule has 5 rings (SSSR count). The molecule has 0 bridgehead atoms. The van der Waals surface area contributed by atoms with E-state index in [4.69, 9.17) is 14.5 Å². The standard InChI is InChI=1S/C27H23N3O3S/c1-3-33-21-15-14-18-9-4-5-11-20(18)24(21)26(31)30(17-19-10-6-7-16-28-19)27-29-25-22(32-2)12-8-13-23(25)34-27/h4-16H,3,17H2,1-2H3. The van der Waals surface area contributed by atoms with Gasteiger partial charge in [0.1, 0.15) is 17.0 Å². The first-order chi connectivity index (χ1) is 16.7. The second kappa shape index (κ2) is 9.49. The van der Waals surface area contributed by atoms with Gasteiger partial charge in [0, 0.05) is 6.20 Å². The first-order valence-electron chi connectivity index (χ1n) is 11.0. The van der Waals surface area contributed by atoms with Crippen LogP contribution in [0, 0.1) is 0 Å². The van der Waals surface area contributed by atoms with Crippen LogP contribution in [0.3, 0.4) is 0 Å². The molecule has 6 nitrogen and oxygen atoms in total. The van der Waals surface area contributed by atoms with Crippen molar-refractivity contribution in [3.63, 3.8) is 0 Å². The predicted octanol–water partition coefficient (Wildman–Crippen LogP) is 6.10. The van der Waals surface area contributed by atoms with Gasteiger partial charge in [-0.3, -0.25) is 14.7 Å². The number of para-hydroxylation sites is 1. The average Bonchev–Trinajstić information content (AvgIpc) is 3.32. The summed E-state index contributed by atoms with van der Waals surface area (Å²) in [7, 11) is 1.62. The summed E-state index contributed by atoms with van der Waals surface area (Å²) in [5.41, 5.74) is 2.01. The van der Waals surface area contributed by atoms with Crippen LogP contribution in [0.2, 0.25) is 0 Å². The Kier molecular flexibility index (Phi) is 6.10. The summed E-state index contributed by atoms with van der Waals surface area (Å²) in [5, 5.41) is 2.38. The molecule has 0 N–H and O–H groups in total. The highest BCUT2D eigenvalue weighted by atomic mass is 32.1. The molecule has 0 saturated heterocycles. The van der Waals surface area contributed by atoms with Crippen LogP contribution in [-0.2, 0) is 6.54 Å². The monoisotopic (exact) mass is 469 g/mol. The van der Waals surface area contributed by atoms with Gasteiger partial charge in [-0.2, -0.15) is 0 Å². The fourth-order valence-corrected chi connectivity index (χ4v) is 4.94. The van der Waals surface area contributed by atoms with Crippen molar-refractivity contribution in [3.05, 3.63) is 90.3 Å². The number of rotatable bonds is 7. The van der Waals surface area contributed by atoms with Gasteiger partial charge in [0.25, 0.3) is 5.91 Å². The van der Waals surface area contributed by atoms with Crippen LogP contribution in [0.1, 0.15) is 23.0 Å². The number of hydrogen-bond acceptors (Lipinski definition) is 6. The molecule has 1 amide bonds. The Morgan fingerprint density at radius 2 is 1.82 bits per heavy atom. The number of carbonyl (C=O) groups is 1. The van der Waals surface area contributed by atoms with Crippen molar-refractivity contribution in [2.75, 3.05) is 18.6 Å². The zero-order valence-corrected chi connectivity index (χ0v) is 19.7. The summed E-state index contributed by atoms with van der Waals surface area (Å²) in [6.45, 7) is 2.64. The number of nitrogens with zero attached hydrogens (tertiary/aromatic N) is 3. The van der Waals surface area contributed by atoms with Crippen LogP contribution in [0.5, 0.6) is 11.5 Å². The maximum absolute atomic E-state index is 14.2. The Bertz CT molecular complexity index is 1470. The van der Waals surface area contributed by atoms with Gasteiger partial charge in [0.2, 0.25) is 0 Å². The molecule has 0 fully saturated rings. The van der Waals surface area contributed by atoms with Crippen molar-refractivity contribution >= 4 is 43.4 Å². The van der Waals surface area contributed by atoms with Gasteiger partial charge in [-0.05, 0) is 48.0 Å². The smallest absolute Gasteiger partial charge is 0.264 e. The van der Waals surface area contributed by atoms with E-state index >= 15 is 0 Å². The molecule has 0 radical (unpaired) electrons. The van der Waals surface area contributed by atoms with E-state index in [1.807, 2.05) is 79.7 Å². The van der Waals surface area contributed by atoms with Crippen molar-refractivity contribution in [1.82, 2.24) is 9.97 Å². The van der Waals surface area contributed by atoms with E-state index in [0.717, 1.165) is 26.7 Å². The molecule has 0 aliphatic rings. The van der Waals surface area contributed by atoms with Gasteiger partial charge in [-0.25, -0.2) is 4.98 Å². The van der Waals surface area contributed by atoms with Gasteiger partial charge in [-0.15, -0.1) is 0 Å². The lowest BCUT2D eigenvalue weighted by molar-refractivity contribution is 0.0983. The molecule has 0 aliphatic heterocycles. The quantitative estimate of drug-likeness (QED) is 0.288. The second-order valence-corrected chi connectivity index (χ2v) is 8.62. The Labute approximate surface area is 201 Å². The maximum Gasteiger partial charge on any atom is 0.264 e. The lowest BCUT2D eigenvalue weighted by Crippen LogP contribution is -2.31. The van der Waals surface area contributed by atoms with Crippen LogP contribution < -0.4 is 14.4 Å². The molecule has 0 unspecified atom stereocenters. The summed E-state index contributed by atoms with van der Waals surface area (Å²) >= 11 is 1.45. The van der Waals surface area contributed by atoms with E-state index in [9.17, 15) is 4.79 Å². The van der Waals surface area contributed by atoms with Crippen molar-refractivity contribution < 1.29 is 14.3 Å². The van der Waals surface area contributed by atoms with Gasteiger partial charge in [0.15, 0.2) is 5.13 Å². The molecule has 34 heavy (non-hydrogen) atoms. The van der Waals surface area contributed by atoms with E-state index in [-0.39, 0.29) is 12.5 Å². The van der Waals surface area contributed by atoms with E-state index in [1.54, 1.807) is 18.2 Å². The fourth-order valence-electron chi connectivity index (χ4n) is 3.95. The number of benzene rings is 3. The van der Waals surface area contributed by atoms with Gasteiger partial charge in [-0.1, -0.05) is 53.8 Å². The number of fused-ring (bicyclic) bond motifs is 2. The molecule has 2 heterocycles. The number of amides is 1. The zero-order valence-electron chi connectivity index (χ0n) is 18.9. The minimum atomic E-state index is -0.191. The van der Waals surface area contributed by atoms with Crippen molar-refractivity contribution in [1.29, 1.82) is 0 Å². The number of methoxy groups -OCH3 is 1. The molecular weight excluding hydrogens is 446 g/mol. The van der Waals surface area contributed by atoms with Crippen LogP contribution >= 0.6 is 11.3 Å². The topological polar surface area (TPSA) is 64.5 Å². The maximum atomic E-state index is 14.2. The average molecular weight is 470 g/mol. The number of aromatic nitrogens is 2. The molecule has 0 saturated carbocycles. The van der Waals surface area contributed by atoms with Crippen molar-refractivity contribution in [3.8, 4) is 11.5 Å². The van der Waals surface area contributed by atoms with Crippen molar-refractivity contribution in [2.24, 2.45) is 0 Å². The van der Waals surface area contributed by atoms with Gasteiger partial charge < -0.3 is 9.47 Å². The molecule has 5 aromatic rings. The third-order valence-corrected chi connectivity index (χ3v) is 6.56. The molecular formula is C27H23N3O3S.